The predicted molar refractivity (Wildman–Crippen MR) is 96.0 cm³/mol. The van der Waals surface area contributed by atoms with Gasteiger partial charge in [0.05, 0.1) is 10.6 Å². The maximum absolute atomic E-state index is 12.5. The zero-order valence-electron chi connectivity index (χ0n) is 12.4. The highest BCUT2D eigenvalue weighted by Crippen LogP contribution is 2.26. The van der Waals surface area contributed by atoms with Crippen molar-refractivity contribution in [2.75, 3.05) is 0 Å². The average molecular weight is 365 g/mol. The smallest absolute Gasteiger partial charge is 0.262 e. The Balaban J connectivity index is 1.89. The number of benzene rings is 1. The lowest BCUT2D eigenvalue weighted by Crippen LogP contribution is -2.21. The van der Waals surface area contributed by atoms with Crippen LogP contribution in [0.3, 0.4) is 0 Å². The Bertz CT molecular complexity index is 931. The van der Waals surface area contributed by atoms with Crippen LogP contribution in [-0.2, 0) is 7.05 Å². The Labute approximate surface area is 146 Å². The Kier molecular flexibility index (Phi) is 4.57. The molecule has 1 aromatic carbocycles. The van der Waals surface area contributed by atoms with Crippen LogP contribution in [0.2, 0.25) is 5.02 Å². The van der Waals surface area contributed by atoms with Crippen molar-refractivity contribution < 1.29 is 4.79 Å². The van der Waals surface area contributed by atoms with Gasteiger partial charge in [-0.1, -0.05) is 23.4 Å². The van der Waals surface area contributed by atoms with E-state index in [2.05, 4.69) is 4.98 Å². The summed E-state index contributed by atoms with van der Waals surface area (Å²) in [5.74, 6) is -0.0211. The van der Waals surface area contributed by atoms with E-state index in [4.69, 9.17) is 11.6 Å². The first-order valence-electron chi connectivity index (χ1n) is 6.88. The van der Waals surface area contributed by atoms with Gasteiger partial charge in [-0.3, -0.25) is 14.2 Å². The molecule has 2 heterocycles. The molecule has 0 radical (unpaired) electrons. The van der Waals surface area contributed by atoms with E-state index in [-0.39, 0.29) is 16.6 Å². The first-order valence-corrected chi connectivity index (χ1v) is 9.02. The Morgan fingerprint density at radius 1 is 1.30 bits per heavy atom. The van der Waals surface area contributed by atoms with Gasteiger partial charge in [-0.25, -0.2) is 4.98 Å². The van der Waals surface area contributed by atoms with Crippen molar-refractivity contribution in [1.82, 2.24) is 9.55 Å². The number of nitrogens with zero attached hydrogens (tertiary/aromatic N) is 2. The monoisotopic (exact) mass is 364 g/mol. The van der Waals surface area contributed by atoms with Crippen LogP contribution < -0.4 is 5.56 Å². The molecule has 0 saturated heterocycles. The Hall–Kier alpha value is -1.63. The topological polar surface area (TPSA) is 52.0 Å². The molecule has 0 aliphatic heterocycles. The second-order valence-corrected chi connectivity index (χ2v) is 7.67. The number of aromatic nitrogens is 2. The molecule has 3 aromatic rings. The molecule has 3 rings (SSSR count). The summed E-state index contributed by atoms with van der Waals surface area (Å²) in [6.07, 6.45) is 0. The summed E-state index contributed by atoms with van der Waals surface area (Å²) in [5, 5.41) is 3.23. The minimum absolute atomic E-state index is 0.0211. The highest BCUT2D eigenvalue weighted by molar-refractivity contribution is 8.00. The van der Waals surface area contributed by atoms with E-state index < -0.39 is 0 Å². The van der Waals surface area contributed by atoms with Crippen LogP contribution in [-0.4, -0.2) is 20.6 Å². The number of hydrogen-bond donors (Lipinski definition) is 0. The third-order valence-corrected chi connectivity index (χ3v) is 5.65. The molecule has 118 valence electrons. The molecule has 0 bridgehead atoms. The van der Waals surface area contributed by atoms with E-state index in [0.29, 0.717) is 26.0 Å². The van der Waals surface area contributed by atoms with E-state index in [1.165, 1.54) is 27.7 Å². The number of thioether (sulfide) groups is 1. The number of rotatable bonds is 4. The second-order valence-electron chi connectivity index (χ2n) is 5.03. The number of hydrogen-bond acceptors (Lipinski definition) is 5. The van der Waals surface area contributed by atoms with Gasteiger partial charge in [0.1, 0.15) is 4.83 Å². The molecule has 1 atom stereocenters. The summed E-state index contributed by atoms with van der Waals surface area (Å²) in [7, 11) is 1.67. The first-order chi connectivity index (χ1) is 11.0. The fraction of sp³-hybridized carbons (Fsp3) is 0.188. The summed E-state index contributed by atoms with van der Waals surface area (Å²) in [5.41, 5.74) is 0.501. The van der Waals surface area contributed by atoms with Crippen LogP contribution in [0.4, 0.5) is 0 Å². The van der Waals surface area contributed by atoms with E-state index in [9.17, 15) is 9.59 Å². The number of fused-ring (bicyclic) bond motifs is 1. The van der Waals surface area contributed by atoms with Gasteiger partial charge >= 0.3 is 0 Å². The van der Waals surface area contributed by atoms with Gasteiger partial charge in [-0.05, 0) is 42.6 Å². The quantitative estimate of drug-likeness (QED) is 0.398. The molecular formula is C16H13ClN2O2S2. The summed E-state index contributed by atoms with van der Waals surface area (Å²) in [4.78, 5) is 30.0. The largest absolute Gasteiger partial charge is 0.293 e. The lowest BCUT2D eigenvalue weighted by atomic mass is 10.1. The molecule has 0 aliphatic rings. The summed E-state index contributed by atoms with van der Waals surface area (Å²) in [6.45, 7) is 1.81. The number of carbonyl (C=O) groups is 1. The fourth-order valence-corrected chi connectivity index (χ4v) is 4.03. The molecule has 2 aromatic heterocycles. The molecule has 0 fully saturated rings. The van der Waals surface area contributed by atoms with E-state index >= 15 is 0 Å². The molecule has 0 spiro atoms. The van der Waals surface area contributed by atoms with Crippen molar-refractivity contribution in [3.63, 3.8) is 0 Å². The zero-order chi connectivity index (χ0) is 16.6. The second kappa shape index (κ2) is 6.47. The van der Waals surface area contributed by atoms with E-state index in [0.717, 1.165) is 0 Å². The maximum Gasteiger partial charge on any atom is 0.262 e. The molecule has 0 saturated carbocycles. The third-order valence-electron chi connectivity index (χ3n) is 3.44. The molecule has 7 heteroatoms. The summed E-state index contributed by atoms with van der Waals surface area (Å²) < 4.78 is 1.49. The van der Waals surface area contributed by atoms with Gasteiger partial charge in [0.15, 0.2) is 10.9 Å². The standard InChI is InChI=1S/C16H13ClN2O2S2/c1-9(13(20)10-3-5-11(17)6-4-10)23-16-18-14-12(7-8-22-14)15(21)19(16)2/h3-9H,1-2H3. The fourth-order valence-electron chi connectivity index (χ4n) is 2.15. The molecule has 0 amide bonds. The van der Waals surface area contributed by atoms with Gasteiger partial charge in [0.25, 0.3) is 5.56 Å². The van der Waals surface area contributed by atoms with Gasteiger partial charge in [-0.2, -0.15) is 0 Å². The van der Waals surface area contributed by atoms with Gasteiger partial charge in [-0.15, -0.1) is 11.3 Å². The minimum atomic E-state index is -0.355. The predicted octanol–water partition coefficient (Wildman–Crippen LogP) is 4.01. The van der Waals surface area contributed by atoms with Crippen LogP contribution in [0.5, 0.6) is 0 Å². The number of Topliss-reactive ketones (excluding diaryl/α,β-unsaturated/α-hetero) is 1. The number of thiophene rings is 1. The van der Waals surface area contributed by atoms with Gasteiger partial charge in [0, 0.05) is 17.6 Å². The Morgan fingerprint density at radius 2 is 2.00 bits per heavy atom. The molecule has 0 aliphatic carbocycles. The van der Waals surface area contributed by atoms with Gasteiger partial charge < -0.3 is 0 Å². The van der Waals surface area contributed by atoms with Crippen molar-refractivity contribution in [2.45, 2.75) is 17.3 Å². The van der Waals surface area contributed by atoms with Crippen molar-refractivity contribution in [1.29, 1.82) is 0 Å². The SMILES string of the molecule is CC(Sc1nc2sccc2c(=O)n1C)C(=O)c1ccc(Cl)cc1. The highest BCUT2D eigenvalue weighted by Gasteiger charge is 2.19. The molecule has 0 N–H and O–H groups in total. The first kappa shape index (κ1) is 16.2. The van der Waals surface area contributed by atoms with E-state index in [1.807, 2.05) is 12.3 Å². The number of halogens is 1. The minimum Gasteiger partial charge on any atom is -0.293 e. The van der Waals surface area contributed by atoms with Crippen LogP contribution in [0.1, 0.15) is 17.3 Å². The maximum atomic E-state index is 12.5. The molecule has 1 unspecified atom stereocenters. The molecule has 4 nitrogen and oxygen atoms in total. The van der Waals surface area contributed by atoms with Crippen molar-refractivity contribution >= 4 is 50.7 Å². The third kappa shape index (κ3) is 3.20. The van der Waals surface area contributed by atoms with Gasteiger partial charge in [0.2, 0.25) is 0 Å². The van der Waals surface area contributed by atoms with Crippen LogP contribution in [0, 0.1) is 0 Å². The lowest BCUT2D eigenvalue weighted by Gasteiger charge is -2.12. The van der Waals surface area contributed by atoms with Crippen LogP contribution in [0.15, 0.2) is 45.7 Å². The van der Waals surface area contributed by atoms with Crippen molar-refractivity contribution in [3.8, 4) is 0 Å². The van der Waals surface area contributed by atoms with Crippen LogP contribution >= 0.6 is 34.7 Å². The van der Waals surface area contributed by atoms with E-state index in [1.54, 1.807) is 37.4 Å². The number of carbonyl (C=O) groups excluding carboxylic acids is 1. The molecule has 23 heavy (non-hydrogen) atoms. The summed E-state index contributed by atoms with van der Waals surface area (Å²) in [6, 6.07) is 8.56. The Morgan fingerprint density at radius 3 is 2.70 bits per heavy atom. The normalized spacial score (nSPS) is 12.5. The number of ketones is 1. The van der Waals surface area contributed by atoms with Crippen molar-refractivity contribution in [2.24, 2.45) is 7.05 Å². The highest BCUT2D eigenvalue weighted by atomic mass is 35.5. The van der Waals surface area contributed by atoms with Crippen LogP contribution in [0.25, 0.3) is 10.2 Å². The average Bonchev–Trinajstić information content (AvgIpc) is 3.00. The summed E-state index contributed by atoms with van der Waals surface area (Å²) >= 11 is 8.55. The molecular weight excluding hydrogens is 352 g/mol. The lowest BCUT2D eigenvalue weighted by molar-refractivity contribution is 0.0994. The zero-order valence-corrected chi connectivity index (χ0v) is 14.8. The van der Waals surface area contributed by atoms with Crippen molar-refractivity contribution in [3.05, 3.63) is 56.7 Å².